The number of rotatable bonds is 6. The molecule has 3 fully saturated rings. The zero-order valence-electron chi connectivity index (χ0n) is 19.1. The third kappa shape index (κ3) is 5.85. The van der Waals surface area contributed by atoms with Crippen molar-refractivity contribution in [2.75, 3.05) is 59.6 Å². The number of ether oxygens (including phenoxy) is 2. The van der Waals surface area contributed by atoms with Crippen molar-refractivity contribution >= 4 is 29.9 Å². The Labute approximate surface area is 204 Å². The van der Waals surface area contributed by atoms with E-state index in [9.17, 15) is 0 Å². The van der Waals surface area contributed by atoms with E-state index >= 15 is 0 Å². The van der Waals surface area contributed by atoms with Crippen molar-refractivity contribution in [3.05, 3.63) is 29.8 Å². The lowest BCUT2D eigenvalue weighted by molar-refractivity contribution is 0.156. The number of methoxy groups -OCH3 is 1. The third-order valence-corrected chi connectivity index (χ3v) is 7.00. The number of aliphatic imine (C=N–C) groups is 1. The van der Waals surface area contributed by atoms with Gasteiger partial charge in [-0.15, -0.1) is 24.0 Å². The van der Waals surface area contributed by atoms with Crippen LogP contribution < -0.4 is 10.1 Å². The van der Waals surface area contributed by atoms with Crippen LogP contribution >= 0.6 is 24.0 Å². The van der Waals surface area contributed by atoms with Crippen molar-refractivity contribution < 1.29 is 9.47 Å². The molecule has 1 aromatic rings. The van der Waals surface area contributed by atoms with Crippen LogP contribution in [-0.2, 0) is 4.74 Å². The highest BCUT2D eigenvalue weighted by Crippen LogP contribution is 2.38. The van der Waals surface area contributed by atoms with Crippen LogP contribution in [0.5, 0.6) is 5.75 Å². The minimum absolute atomic E-state index is 0. The molecule has 174 valence electrons. The summed E-state index contributed by atoms with van der Waals surface area (Å²) < 4.78 is 11.4. The molecule has 7 heteroatoms. The Morgan fingerprint density at radius 1 is 1.19 bits per heavy atom. The Hall–Kier alpha value is -1.06. The molecule has 3 aliphatic heterocycles. The fourth-order valence-electron chi connectivity index (χ4n) is 5.27. The van der Waals surface area contributed by atoms with Gasteiger partial charge in [-0.2, -0.15) is 0 Å². The van der Waals surface area contributed by atoms with Gasteiger partial charge in [-0.05, 0) is 51.8 Å². The first-order chi connectivity index (χ1) is 14.7. The lowest BCUT2D eigenvalue weighted by Crippen LogP contribution is -2.42. The predicted octanol–water partition coefficient (Wildman–Crippen LogP) is 3.92. The maximum absolute atomic E-state index is 5.72. The summed E-state index contributed by atoms with van der Waals surface area (Å²) in [5, 5.41) is 3.55. The molecule has 1 aromatic carbocycles. The number of para-hydroxylation sites is 1. The maximum Gasteiger partial charge on any atom is 0.194 e. The van der Waals surface area contributed by atoms with E-state index in [-0.39, 0.29) is 30.0 Å². The van der Waals surface area contributed by atoms with Gasteiger partial charge in [-0.1, -0.05) is 24.6 Å². The summed E-state index contributed by atoms with van der Waals surface area (Å²) in [6.07, 6.45) is 6.26. The van der Waals surface area contributed by atoms with Gasteiger partial charge in [0, 0.05) is 37.2 Å². The molecule has 1 spiro atoms. The second-order valence-electron chi connectivity index (χ2n) is 9.02. The van der Waals surface area contributed by atoms with Gasteiger partial charge in [-0.25, -0.2) is 0 Å². The second kappa shape index (κ2) is 11.7. The number of nitrogens with zero attached hydrogens (tertiary/aromatic N) is 3. The third-order valence-electron chi connectivity index (χ3n) is 7.00. The van der Waals surface area contributed by atoms with Gasteiger partial charge in [0.05, 0.1) is 26.3 Å². The van der Waals surface area contributed by atoms with Gasteiger partial charge in [0.25, 0.3) is 0 Å². The molecule has 0 aliphatic carbocycles. The molecule has 0 radical (unpaired) electrons. The monoisotopic (exact) mass is 542 g/mol. The molecule has 0 amide bonds. The molecule has 31 heavy (non-hydrogen) atoms. The number of piperidine rings is 1. The Morgan fingerprint density at radius 2 is 2.00 bits per heavy atom. The summed E-state index contributed by atoms with van der Waals surface area (Å²) in [7, 11) is 1.77. The van der Waals surface area contributed by atoms with Crippen molar-refractivity contribution in [1.82, 2.24) is 15.1 Å². The van der Waals surface area contributed by atoms with E-state index in [1.165, 1.54) is 37.7 Å². The average Bonchev–Trinajstić information content (AvgIpc) is 3.44. The highest BCUT2D eigenvalue weighted by atomic mass is 127. The average molecular weight is 543 g/mol. The first-order valence-corrected chi connectivity index (χ1v) is 11.7. The number of hydrogen-bond donors (Lipinski definition) is 1. The van der Waals surface area contributed by atoms with Crippen LogP contribution in [0.1, 0.15) is 50.6 Å². The fraction of sp³-hybridized carbons (Fsp3) is 0.708. The number of nitrogens with one attached hydrogen (secondary N) is 1. The Kier molecular flexibility index (Phi) is 9.28. The van der Waals surface area contributed by atoms with Gasteiger partial charge in [0.1, 0.15) is 5.75 Å². The highest BCUT2D eigenvalue weighted by molar-refractivity contribution is 14.0. The molecule has 1 N–H and O–H groups in total. The molecule has 0 bridgehead atoms. The number of guanidine groups is 1. The molecule has 2 unspecified atom stereocenters. The molecule has 4 rings (SSSR count). The standard InChI is InChI=1S/C24H38N4O2.HI/c1-3-25-23(28-15-11-24(18-28)12-16-30-19-24)26-17-21(27-13-7-4-8-14-27)20-9-5-6-10-22(20)29-2;/h5-6,9-10,21H,3-4,7-8,11-19H2,1-2H3,(H,25,26);1H. The predicted molar refractivity (Wildman–Crippen MR) is 137 cm³/mol. The van der Waals surface area contributed by atoms with Crippen LogP contribution in [0.3, 0.4) is 0 Å². The van der Waals surface area contributed by atoms with Gasteiger partial charge < -0.3 is 19.7 Å². The zero-order chi connectivity index (χ0) is 20.8. The highest BCUT2D eigenvalue weighted by Gasteiger charge is 2.42. The molecule has 2 atom stereocenters. The van der Waals surface area contributed by atoms with Crippen molar-refractivity contribution in [3.8, 4) is 5.75 Å². The van der Waals surface area contributed by atoms with Crippen molar-refractivity contribution in [2.24, 2.45) is 10.4 Å². The first kappa shape index (κ1) is 24.6. The summed E-state index contributed by atoms with van der Waals surface area (Å²) >= 11 is 0. The summed E-state index contributed by atoms with van der Waals surface area (Å²) in [4.78, 5) is 10.2. The normalized spacial score (nSPS) is 25.5. The van der Waals surface area contributed by atoms with E-state index in [1.807, 2.05) is 0 Å². The smallest absolute Gasteiger partial charge is 0.194 e. The second-order valence-corrected chi connectivity index (χ2v) is 9.02. The van der Waals surface area contributed by atoms with Crippen molar-refractivity contribution in [2.45, 2.75) is 45.1 Å². The van der Waals surface area contributed by atoms with E-state index in [0.29, 0.717) is 5.41 Å². The molecule has 3 saturated heterocycles. The SMILES string of the molecule is CCNC(=NCC(c1ccccc1OC)N1CCCCC1)N1CCC2(CCOC2)C1.I. The molecular formula is C24H39IN4O2. The minimum atomic E-state index is 0. The van der Waals surface area contributed by atoms with Crippen LogP contribution in [0.4, 0.5) is 0 Å². The van der Waals surface area contributed by atoms with E-state index in [4.69, 9.17) is 14.5 Å². The minimum Gasteiger partial charge on any atom is -0.496 e. The first-order valence-electron chi connectivity index (χ1n) is 11.7. The number of likely N-dealkylation sites (tertiary alicyclic amines) is 2. The maximum atomic E-state index is 5.72. The molecule has 0 aromatic heterocycles. The van der Waals surface area contributed by atoms with Gasteiger partial charge in [0.2, 0.25) is 0 Å². The van der Waals surface area contributed by atoms with Crippen LogP contribution in [0.2, 0.25) is 0 Å². The van der Waals surface area contributed by atoms with E-state index in [0.717, 1.165) is 64.2 Å². The number of hydrogen-bond acceptors (Lipinski definition) is 4. The van der Waals surface area contributed by atoms with Crippen LogP contribution in [0.25, 0.3) is 0 Å². The summed E-state index contributed by atoms with van der Waals surface area (Å²) in [6, 6.07) is 8.71. The largest absolute Gasteiger partial charge is 0.496 e. The van der Waals surface area contributed by atoms with E-state index in [2.05, 4.69) is 46.3 Å². The van der Waals surface area contributed by atoms with Gasteiger partial charge in [0.15, 0.2) is 5.96 Å². The fourth-order valence-corrected chi connectivity index (χ4v) is 5.27. The Balaban J connectivity index is 0.00000272. The van der Waals surface area contributed by atoms with Crippen LogP contribution in [0, 0.1) is 5.41 Å². The van der Waals surface area contributed by atoms with Gasteiger partial charge >= 0.3 is 0 Å². The molecular weight excluding hydrogens is 503 g/mol. The molecule has 0 saturated carbocycles. The van der Waals surface area contributed by atoms with Crippen molar-refractivity contribution in [3.63, 3.8) is 0 Å². The quantitative estimate of drug-likeness (QED) is 0.336. The zero-order valence-corrected chi connectivity index (χ0v) is 21.5. The summed E-state index contributed by atoms with van der Waals surface area (Å²) in [5.41, 5.74) is 1.59. The molecule has 3 heterocycles. The Morgan fingerprint density at radius 3 is 2.71 bits per heavy atom. The van der Waals surface area contributed by atoms with Crippen LogP contribution in [0.15, 0.2) is 29.3 Å². The number of benzene rings is 1. The molecule has 6 nitrogen and oxygen atoms in total. The topological polar surface area (TPSA) is 49.3 Å². The van der Waals surface area contributed by atoms with E-state index in [1.54, 1.807) is 7.11 Å². The summed E-state index contributed by atoms with van der Waals surface area (Å²) in [5.74, 6) is 2.02. The Bertz CT molecular complexity index is 717. The summed E-state index contributed by atoms with van der Waals surface area (Å²) in [6.45, 7) is 10.0. The van der Waals surface area contributed by atoms with Crippen molar-refractivity contribution in [1.29, 1.82) is 0 Å². The van der Waals surface area contributed by atoms with Crippen LogP contribution in [-0.4, -0.2) is 75.4 Å². The number of halogens is 1. The lowest BCUT2D eigenvalue weighted by atomic mass is 9.87. The van der Waals surface area contributed by atoms with Gasteiger partial charge in [-0.3, -0.25) is 9.89 Å². The lowest BCUT2D eigenvalue weighted by Gasteiger charge is -2.35. The van der Waals surface area contributed by atoms with E-state index < -0.39 is 0 Å². The molecule has 3 aliphatic rings.